The molecule has 1 heterocycles. The first-order chi connectivity index (χ1) is 9.16. The van der Waals surface area contributed by atoms with E-state index in [1.54, 1.807) is 0 Å². The van der Waals surface area contributed by atoms with Crippen LogP contribution in [0.3, 0.4) is 0 Å². The van der Waals surface area contributed by atoms with Gasteiger partial charge < -0.3 is 15.0 Å². The molecule has 2 amide bonds. The first kappa shape index (κ1) is 13.2. The van der Waals surface area contributed by atoms with Crippen molar-refractivity contribution in [1.29, 1.82) is 0 Å². The third kappa shape index (κ3) is 3.04. The summed E-state index contributed by atoms with van der Waals surface area (Å²) >= 11 is 0. The fraction of sp³-hybridized carbons (Fsp3) is 0.933. The molecule has 0 spiro atoms. The number of amides is 2. The molecule has 108 valence electrons. The first-order valence-corrected chi connectivity index (χ1v) is 7.83. The number of nitrogens with zero attached hydrogens (tertiary/aromatic N) is 1. The maximum Gasteiger partial charge on any atom is 0.317 e. The Balaban J connectivity index is 1.49. The van der Waals surface area contributed by atoms with Gasteiger partial charge in [0, 0.05) is 13.1 Å². The van der Waals surface area contributed by atoms with Gasteiger partial charge in [0.1, 0.15) is 0 Å². The SMILES string of the molecule is CC1OCCN(C(=O)NCC(C2CC2)C2CC2)C1C. The standard InChI is InChI=1S/C15H26N2O2/c1-10-11(2)19-8-7-17(10)15(18)16-9-14(12-3-4-12)13-5-6-13/h10-14H,3-9H2,1-2H3,(H,16,18). The summed E-state index contributed by atoms with van der Waals surface area (Å²) in [6, 6.07) is 0.281. The van der Waals surface area contributed by atoms with Crippen molar-refractivity contribution in [2.75, 3.05) is 19.7 Å². The molecule has 4 nitrogen and oxygen atoms in total. The molecule has 4 heteroatoms. The minimum Gasteiger partial charge on any atom is -0.375 e. The number of hydrogen-bond acceptors (Lipinski definition) is 2. The van der Waals surface area contributed by atoms with E-state index in [-0.39, 0.29) is 18.2 Å². The minimum atomic E-state index is 0.106. The predicted molar refractivity (Wildman–Crippen MR) is 73.9 cm³/mol. The highest BCUT2D eigenvalue weighted by Crippen LogP contribution is 2.48. The van der Waals surface area contributed by atoms with Crippen LogP contribution in [-0.4, -0.2) is 42.8 Å². The van der Waals surface area contributed by atoms with E-state index >= 15 is 0 Å². The molecule has 0 radical (unpaired) electrons. The van der Waals surface area contributed by atoms with Crippen LogP contribution in [0.2, 0.25) is 0 Å². The molecule has 0 aromatic carbocycles. The molecule has 0 aromatic rings. The normalized spacial score (nSPS) is 31.6. The largest absolute Gasteiger partial charge is 0.375 e. The van der Waals surface area contributed by atoms with Gasteiger partial charge in [0.15, 0.2) is 0 Å². The average molecular weight is 266 g/mol. The van der Waals surface area contributed by atoms with Gasteiger partial charge in [-0.25, -0.2) is 4.79 Å². The minimum absolute atomic E-state index is 0.106. The van der Waals surface area contributed by atoms with E-state index in [2.05, 4.69) is 12.2 Å². The zero-order valence-electron chi connectivity index (χ0n) is 12.1. The van der Waals surface area contributed by atoms with Gasteiger partial charge in [0.05, 0.1) is 18.8 Å². The number of morpholine rings is 1. The topological polar surface area (TPSA) is 41.6 Å². The molecule has 2 atom stereocenters. The van der Waals surface area contributed by atoms with Gasteiger partial charge in [-0.3, -0.25) is 0 Å². The number of carbonyl (C=O) groups is 1. The van der Waals surface area contributed by atoms with Crippen LogP contribution < -0.4 is 5.32 Å². The number of hydrogen-bond donors (Lipinski definition) is 1. The highest BCUT2D eigenvalue weighted by Gasteiger charge is 2.41. The molecule has 3 fully saturated rings. The Morgan fingerprint density at radius 1 is 1.26 bits per heavy atom. The Morgan fingerprint density at radius 3 is 2.47 bits per heavy atom. The van der Waals surface area contributed by atoms with Crippen LogP contribution in [0, 0.1) is 17.8 Å². The van der Waals surface area contributed by atoms with Gasteiger partial charge in [-0.05, 0) is 57.3 Å². The summed E-state index contributed by atoms with van der Waals surface area (Å²) in [6.45, 7) is 6.37. The smallest absolute Gasteiger partial charge is 0.317 e. The monoisotopic (exact) mass is 266 g/mol. The van der Waals surface area contributed by atoms with Gasteiger partial charge in [-0.1, -0.05) is 0 Å². The molecular formula is C15H26N2O2. The molecule has 3 aliphatic rings. The molecule has 1 saturated heterocycles. The molecule has 0 bridgehead atoms. The number of urea groups is 1. The van der Waals surface area contributed by atoms with E-state index < -0.39 is 0 Å². The molecule has 1 N–H and O–H groups in total. The fourth-order valence-electron chi connectivity index (χ4n) is 3.29. The predicted octanol–water partition coefficient (Wildman–Crippen LogP) is 2.24. The molecule has 2 unspecified atom stereocenters. The van der Waals surface area contributed by atoms with Gasteiger partial charge >= 0.3 is 6.03 Å². The highest BCUT2D eigenvalue weighted by molar-refractivity contribution is 5.74. The van der Waals surface area contributed by atoms with E-state index in [9.17, 15) is 4.79 Å². The summed E-state index contributed by atoms with van der Waals surface area (Å²) in [5, 5.41) is 3.18. The lowest BCUT2D eigenvalue weighted by Gasteiger charge is -2.38. The van der Waals surface area contributed by atoms with Crippen LogP contribution in [0.25, 0.3) is 0 Å². The summed E-state index contributed by atoms with van der Waals surface area (Å²) in [5.41, 5.74) is 0. The van der Waals surface area contributed by atoms with Crippen LogP contribution in [0.5, 0.6) is 0 Å². The Hall–Kier alpha value is -0.770. The zero-order valence-corrected chi connectivity index (χ0v) is 12.1. The lowest BCUT2D eigenvalue weighted by Crippen LogP contribution is -2.55. The van der Waals surface area contributed by atoms with Crippen molar-refractivity contribution in [2.45, 2.75) is 51.7 Å². The molecule has 3 rings (SSSR count). The zero-order chi connectivity index (χ0) is 13.4. The summed E-state index contributed by atoms with van der Waals surface area (Å²) in [5.74, 6) is 2.54. The number of nitrogens with one attached hydrogen (secondary N) is 1. The summed E-state index contributed by atoms with van der Waals surface area (Å²) in [4.78, 5) is 14.2. The number of carbonyl (C=O) groups excluding carboxylic acids is 1. The molecule has 0 aromatic heterocycles. The van der Waals surface area contributed by atoms with Crippen molar-refractivity contribution in [3.8, 4) is 0 Å². The molecule has 2 aliphatic carbocycles. The van der Waals surface area contributed by atoms with Crippen molar-refractivity contribution < 1.29 is 9.53 Å². The van der Waals surface area contributed by atoms with Gasteiger partial charge in [0.25, 0.3) is 0 Å². The number of rotatable bonds is 4. The average Bonchev–Trinajstić information content (AvgIpc) is 3.26. The highest BCUT2D eigenvalue weighted by atomic mass is 16.5. The van der Waals surface area contributed by atoms with Crippen LogP contribution in [0.4, 0.5) is 4.79 Å². The number of ether oxygens (including phenoxy) is 1. The van der Waals surface area contributed by atoms with Gasteiger partial charge in [0.2, 0.25) is 0 Å². The van der Waals surface area contributed by atoms with E-state index in [1.165, 1.54) is 25.7 Å². The summed E-state index contributed by atoms with van der Waals surface area (Å²) in [7, 11) is 0. The quantitative estimate of drug-likeness (QED) is 0.848. The van der Waals surface area contributed by atoms with Crippen molar-refractivity contribution in [2.24, 2.45) is 17.8 Å². The van der Waals surface area contributed by atoms with E-state index in [0.29, 0.717) is 6.61 Å². The van der Waals surface area contributed by atoms with Crippen LogP contribution in [0.15, 0.2) is 0 Å². The third-order valence-corrected chi connectivity index (χ3v) is 5.09. The van der Waals surface area contributed by atoms with Crippen LogP contribution in [0.1, 0.15) is 39.5 Å². The molecule has 19 heavy (non-hydrogen) atoms. The molecule has 1 aliphatic heterocycles. The van der Waals surface area contributed by atoms with E-state index in [4.69, 9.17) is 4.74 Å². The third-order valence-electron chi connectivity index (χ3n) is 5.09. The molecular weight excluding hydrogens is 240 g/mol. The van der Waals surface area contributed by atoms with Crippen molar-refractivity contribution in [1.82, 2.24) is 10.2 Å². The maximum absolute atomic E-state index is 12.3. The second-order valence-corrected chi connectivity index (χ2v) is 6.53. The van der Waals surface area contributed by atoms with Crippen LogP contribution in [-0.2, 0) is 4.74 Å². The van der Waals surface area contributed by atoms with Crippen molar-refractivity contribution in [3.05, 3.63) is 0 Å². The van der Waals surface area contributed by atoms with Crippen LogP contribution >= 0.6 is 0 Å². The van der Waals surface area contributed by atoms with Crippen molar-refractivity contribution in [3.63, 3.8) is 0 Å². The first-order valence-electron chi connectivity index (χ1n) is 7.83. The second-order valence-electron chi connectivity index (χ2n) is 6.53. The second kappa shape index (κ2) is 5.31. The Labute approximate surface area is 115 Å². The van der Waals surface area contributed by atoms with Gasteiger partial charge in [-0.2, -0.15) is 0 Å². The van der Waals surface area contributed by atoms with Gasteiger partial charge in [-0.15, -0.1) is 0 Å². The van der Waals surface area contributed by atoms with E-state index in [0.717, 1.165) is 30.8 Å². The fourth-order valence-corrected chi connectivity index (χ4v) is 3.29. The van der Waals surface area contributed by atoms with E-state index in [1.807, 2.05) is 11.8 Å². The Kier molecular flexibility index (Phi) is 3.70. The summed E-state index contributed by atoms with van der Waals surface area (Å²) < 4.78 is 5.57. The Bertz CT molecular complexity index is 327. The Morgan fingerprint density at radius 2 is 1.89 bits per heavy atom. The lowest BCUT2D eigenvalue weighted by molar-refractivity contribution is -0.0377. The molecule has 2 saturated carbocycles. The van der Waals surface area contributed by atoms with Crippen molar-refractivity contribution >= 4 is 6.03 Å². The lowest BCUT2D eigenvalue weighted by atomic mass is 9.98. The maximum atomic E-state index is 12.3. The summed E-state index contributed by atoms with van der Waals surface area (Å²) in [6.07, 6.45) is 5.65.